The molecule has 0 saturated carbocycles. The molecule has 3 aromatic rings. The molecule has 1 unspecified atom stereocenters. The fourth-order valence-corrected chi connectivity index (χ4v) is 3.44. The predicted octanol–water partition coefficient (Wildman–Crippen LogP) is 5.07. The second kappa shape index (κ2) is 6.64. The van der Waals surface area contributed by atoms with Gasteiger partial charge in [0.05, 0.1) is 0 Å². The summed E-state index contributed by atoms with van der Waals surface area (Å²) >= 11 is 0. The first-order chi connectivity index (χ1) is 12.7. The van der Waals surface area contributed by atoms with Crippen LogP contribution in [0.5, 0.6) is 0 Å². The summed E-state index contributed by atoms with van der Waals surface area (Å²) in [6, 6.07) is 28.0. The van der Waals surface area contributed by atoms with E-state index in [1.807, 2.05) is 85.8 Å². The first-order valence-electron chi connectivity index (χ1n) is 8.79. The zero-order valence-corrected chi connectivity index (χ0v) is 14.7. The number of cyclic esters (lactones) is 1. The topological polar surface area (TPSA) is 26.3 Å². The molecule has 128 valence electrons. The molecule has 1 aliphatic heterocycles. The van der Waals surface area contributed by atoms with Gasteiger partial charge in [0.25, 0.3) is 0 Å². The molecular formula is C24H20O2. The van der Waals surface area contributed by atoms with Gasteiger partial charge < -0.3 is 4.74 Å². The molecule has 0 bridgehead atoms. The normalized spacial score (nSPS) is 19.1. The molecule has 0 aliphatic carbocycles. The van der Waals surface area contributed by atoms with E-state index in [9.17, 15) is 4.79 Å². The summed E-state index contributed by atoms with van der Waals surface area (Å²) < 4.78 is 5.74. The fraction of sp³-hybridized carbons (Fsp3) is 0.125. The fourth-order valence-electron chi connectivity index (χ4n) is 3.44. The molecular weight excluding hydrogens is 320 g/mol. The van der Waals surface area contributed by atoms with E-state index >= 15 is 0 Å². The standard InChI is InChI=1S/C24H20O2/c1-18-12-14-21(15-13-18)24(16-19-8-4-2-5-9-19)17-22(26-23(24)25)20-10-6-3-7-11-20/h2-15,17H,16H2,1H3. The van der Waals surface area contributed by atoms with E-state index in [0.717, 1.165) is 16.7 Å². The molecule has 0 amide bonds. The Kier molecular flexibility index (Phi) is 4.18. The lowest BCUT2D eigenvalue weighted by Crippen LogP contribution is -2.33. The number of benzene rings is 3. The Morgan fingerprint density at radius 2 is 1.42 bits per heavy atom. The Hall–Kier alpha value is -3.13. The van der Waals surface area contributed by atoms with E-state index < -0.39 is 5.41 Å². The van der Waals surface area contributed by atoms with Crippen LogP contribution >= 0.6 is 0 Å². The van der Waals surface area contributed by atoms with E-state index in [0.29, 0.717) is 12.2 Å². The zero-order chi connectivity index (χ0) is 18.0. The van der Waals surface area contributed by atoms with Crippen molar-refractivity contribution in [3.05, 3.63) is 113 Å². The molecule has 1 aliphatic rings. The minimum atomic E-state index is -0.805. The Morgan fingerprint density at radius 3 is 2.08 bits per heavy atom. The number of aryl methyl sites for hydroxylation is 1. The van der Waals surface area contributed by atoms with E-state index in [4.69, 9.17) is 4.74 Å². The molecule has 2 heteroatoms. The maximum Gasteiger partial charge on any atom is 0.326 e. The summed E-state index contributed by atoms with van der Waals surface area (Å²) in [5.74, 6) is 0.413. The van der Waals surface area contributed by atoms with Crippen LogP contribution in [0.25, 0.3) is 5.76 Å². The molecule has 0 fully saturated rings. The highest BCUT2D eigenvalue weighted by Gasteiger charge is 2.45. The van der Waals surface area contributed by atoms with Gasteiger partial charge in [-0.2, -0.15) is 0 Å². The SMILES string of the molecule is Cc1ccc(C2(Cc3ccccc3)C=C(c3ccccc3)OC2=O)cc1. The number of ether oxygens (including phenoxy) is 1. The molecule has 0 saturated heterocycles. The van der Waals surface area contributed by atoms with E-state index in [-0.39, 0.29) is 5.97 Å². The van der Waals surface area contributed by atoms with E-state index in [1.54, 1.807) is 0 Å². The van der Waals surface area contributed by atoms with Crippen molar-refractivity contribution in [2.24, 2.45) is 0 Å². The maximum atomic E-state index is 13.1. The van der Waals surface area contributed by atoms with Crippen LogP contribution in [0.15, 0.2) is 91.0 Å². The lowest BCUT2D eigenvalue weighted by atomic mass is 9.75. The third-order valence-corrected chi connectivity index (χ3v) is 4.90. The Balaban J connectivity index is 1.84. The van der Waals surface area contributed by atoms with Gasteiger partial charge in [0.1, 0.15) is 11.2 Å². The molecule has 0 spiro atoms. The summed E-state index contributed by atoms with van der Waals surface area (Å²) in [5.41, 5.74) is 3.35. The van der Waals surface area contributed by atoms with Crippen LogP contribution in [0.2, 0.25) is 0 Å². The average molecular weight is 340 g/mol. The predicted molar refractivity (Wildman–Crippen MR) is 104 cm³/mol. The maximum absolute atomic E-state index is 13.1. The third-order valence-electron chi connectivity index (χ3n) is 4.90. The van der Waals surface area contributed by atoms with Crippen LogP contribution in [0.1, 0.15) is 22.3 Å². The Labute approximate surface area is 153 Å². The van der Waals surface area contributed by atoms with Crippen LogP contribution in [0.4, 0.5) is 0 Å². The van der Waals surface area contributed by atoms with E-state index in [1.165, 1.54) is 5.56 Å². The van der Waals surface area contributed by atoms with Crippen molar-refractivity contribution >= 4 is 11.7 Å². The number of carbonyl (C=O) groups is 1. The Morgan fingerprint density at radius 1 is 0.808 bits per heavy atom. The Bertz CT molecular complexity index is 941. The van der Waals surface area contributed by atoms with E-state index in [2.05, 4.69) is 12.1 Å². The van der Waals surface area contributed by atoms with Crippen molar-refractivity contribution in [2.75, 3.05) is 0 Å². The molecule has 1 heterocycles. The lowest BCUT2D eigenvalue weighted by Gasteiger charge is -2.24. The summed E-state index contributed by atoms with van der Waals surface area (Å²) in [5, 5.41) is 0. The largest absolute Gasteiger partial charge is 0.425 e. The second-order valence-corrected chi connectivity index (χ2v) is 6.76. The highest BCUT2D eigenvalue weighted by molar-refractivity contribution is 5.96. The monoisotopic (exact) mass is 340 g/mol. The quantitative estimate of drug-likeness (QED) is 0.620. The first kappa shape index (κ1) is 16.3. The molecule has 1 atom stereocenters. The first-order valence-corrected chi connectivity index (χ1v) is 8.79. The molecule has 26 heavy (non-hydrogen) atoms. The summed E-state index contributed by atoms with van der Waals surface area (Å²) in [4.78, 5) is 13.1. The van der Waals surface area contributed by atoms with Gasteiger partial charge in [-0.15, -0.1) is 0 Å². The highest BCUT2D eigenvalue weighted by Crippen LogP contribution is 2.41. The molecule has 2 nitrogen and oxygen atoms in total. The number of esters is 1. The van der Waals surface area contributed by atoms with Gasteiger partial charge in [0, 0.05) is 5.56 Å². The van der Waals surface area contributed by atoms with Crippen molar-refractivity contribution in [3.63, 3.8) is 0 Å². The number of hydrogen-bond acceptors (Lipinski definition) is 2. The van der Waals surface area contributed by atoms with Crippen LogP contribution in [-0.4, -0.2) is 5.97 Å². The highest BCUT2D eigenvalue weighted by atomic mass is 16.5. The van der Waals surface area contributed by atoms with Crippen molar-refractivity contribution in [1.82, 2.24) is 0 Å². The van der Waals surface area contributed by atoms with Gasteiger partial charge in [-0.3, -0.25) is 4.79 Å². The van der Waals surface area contributed by atoms with Crippen molar-refractivity contribution < 1.29 is 9.53 Å². The summed E-state index contributed by atoms with van der Waals surface area (Å²) in [6.45, 7) is 2.05. The van der Waals surface area contributed by atoms with Gasteiger partial charge in [-0.25, -0.2) is 0 Å². The van der Waals surface area contributed by atoms with Gasteiger partial charge in [-0.05, 0) is 30.5 Å². The number of rotatable bonds is 4. The van der Waals surface area contributed by atoms with Crippen molar-refractivity contribution in [3.8, 4) is 0 Å². The van der Waals surface area contributed by atoms with Gasteiger partial charge >= 0.3 is 5.97 Å². The minimum Gasteiger partial charge on any atom is -0.425 e. The summed E-state index contributed by atoms with van der Waals surface area (Å²) in [6.07, 6.45) is 2.56. The van der Waals surface area contributed by atoms with Crippen molar-refractivity contribution in [1.29, 1.82) is 0 Å². The average Bonchev–Trinajstić information content (AvgIpc) is 3.01. The van der Waals surface area contributed by atoms with Crippen LogP contribution < -0.4 is 0 Å². The molecule has 0 N–H and O–H groups in total. The van der Waals surface area contributed by atoms with Gasteiger partial charge in [0.15, 0.2) is 0 Å². The molecule has 4 rings (SSSR count). The third kappa shape index (κ3) is 2.95. The zero-order valence-electron chi connectivity index (χ0n) is 14.7. The second-order valence-electron chi connectivity index (χ2n) is 6.76. The van der Waals surface area contributed by atoms with Gasteiger partial charge in [0.2, 0.25) is 0 Å². The lowest BCUT2D eigenvalue weighted by molar-refractivity contribution is -0.139. The van der Waals surface area contributed by atoms with Crippen molar-refractivity contribution in [2.45, 2.75) is 18.8 Å². The van der Waals surface area contributed by atoms with Crippen LogP contribution in [0.3, 0.4) is 0 Å². The van der Waals surface area contributed by atoms with Gasteiger partial charge in [-0.1, -0.05) is 90.5 Å². The molecule has 3 aromatic carbocycles. The number of hydrogen-bond donors (Lipinski definition) is 0. The minimum absolute atomic E-state index is 0.218. The number of carbonyl (C=O) groups excluding carboxylic acids is 1. The molecule has 0 radical (unpaired) electrons. The molecule has 0 aromatic heterocycles. The van der Waals surface area contributed by atoms with Crippen LogP contribution in [-0.2, 0) is 21.4 Å². The smallest absolute Gasteiger partial charge is 0.326 e. The summed E-state index contributed by atoms with van der Waals surface area (Å²) in [7, 11) is 0. The van der Waals surface area contributed by atoms with Crippen LogP contribution in [0, 0.1) is 6.92 Å².